The number of carbonyl (C=O) groups excluding carboxylic acids is 1. The Kier molecular flexibility index (Phi) is 5.13. The van der Waals surface area contributed by atoms with Gasteiger partial charge < -0.3 is 16.0 Å². The van der Waals surface area contributed by atoms with E-state index in [1.165, 1.54) is 0 Å². The summed E-state index contributed by atoms with van der Waals surface area (Å²) < 4.78 is 0. The Morgan fingerprint density at radius 3 is 3.00 bits per heavy atom. The Hall–Kier alpha value is -2.77. The smallest absolute Gasteiger partial charge is 0.215 e. The third-order valence-electron chi connectivity index (χ3n) is 4.65. The summed E-state index contributed by atoms with van der Waals surface area (Å²) in [4.78, 5) is 24.1. The maximum atomic E-state index is 13.1. The lowest BCUT2D eigenvalue weighted by atomic mass is 10.0. The minimum atomic E-state index is -0.202. The fourth-order valence-corrected chi connectivity index (χ4v) is 3.85. The van der Waals surface area contributed by atoms with Gasteiger partial charge in [0.05, 0.1) is 5.56 Å². The first-order valence-corrected chi connectivity index (χ1v) is 9.92. The molecule has 4 heterocycles. The molecule has 3 aromatic rings. The van der Waals surface area contributed by atoms with E-state index in [9.17, 15) is 4.79 Å². The van der Waals surface area contributed by atoms with E-state index in [2.05, 4.69) is 20.2 Å². The van der Waals surface area contributed by atoms with Crippen LogP contribution < -0.4 is 16.0 Å². The summed E-state index contributed by atoms with van der Waals surface area (Å²) >= 11 is 1.60. The third kappa shape index (κ3) is 3.84. The monoisotopic (exact) mass is 385 g/mol. The maximum Gasteiger partial charge on any atom is 0.215 e. The van der Waals surface area contributed by atoms with Crippen molar-refractivity contribution < 1.29 is 9.07 Å². The van der Waals surface area contributed by atoms with Crippen LogP contribution in [0, 0.1) is 0 Å². The van der Waals surface area contributed by atoms with Gasteiger partial charge >= 0.3 is 0 Å². The van der Waals surface area contributed by atoms with Gasteiger partial charge in [-0.05, 0) is 53.6 Å². The molecule has 6 nitrogen and oxygen atoms in total. The molecule has 0 unspecified atom stereocenters. The SMILES string of the molecule is Nc1ncc(-c2ccsc2)cc1C(=O)c1cccc(N2CCCNCC2)n1.[HH].[HH].[HH]. The highest BCUT2D eigenvalue weighted by molar-refractivity contribution is 7.08. The number of nitrogens with one attached hydrogen (secondary N) is 1. The molecule has 4 rings (SSSR count). The van der Waals surface area contributed by atoms with Crippen LogP contribution in [0.2, 0.25) is 0 Å². The second kappa shape index (κ2) is 7.85. The summed E-state index contributed by atoms with van der Waals surface area (Å²) in [5.74, 6) is 0.849. The van der Waals surface area contributed by atoms with Gasteiger partial charge in [0.15, 0.2) is 0 Å². The average molecular weight is 386 g/mol. The first-order valence-electron chi connectivity index (χ1n) is 8.98. The van der Waals surface area contributed by atoms with Crippen molar-refractivity contribution in [3.63, 3.8) is 0 Å². The van der Waals surface area contributed by atoms with Crippen LogP contribution >= 0.6 is 11.3 Å². The van der Waals surface area contributed by atoms with Crippen LogP contribution in [0.15, 0.2) is 47.3 Å². The lowest BCUT2D eigenvalue weighted by Gasteiger charge is -2.21. The molecular weight excluding hydrogens is 358 g/mol. The van der Waals surface area contributed by atoms with Crippen molar-refractivity contribution in [2.45, 2.75) is 6.42 Å². The highest BCUT2D eigenvalue weighted by Crippen LogP contribution is 2.25. The van der Waals surface area contributed by atoms with Crippen molar-refractivity contribution in [1.29, 1.82) is 0 Å². The highest BCUT2D eigenvalue weighted by Gasteiger charge is 2.18. The van der Waals surface area contributed by atoms with Crippen molar-refractivity contribution in [3.8, 4) is 11.1 Å². The Balaban J connectivity index is 0.00000150. The van der Waals surface area contributed by atoms with Gasteiger partial charge in [0, 0.05) is 35.7 Å². The van der Waals surface area contributed by atoms with E-state index >= 15 is 0 Å². The lowest BCUT2D eigenvalue weighted by molar-refractivity contribution is 0.103. The molecule has 0 saturated carbocycles. The fourth-order valence-electron chi connectivity index (χ4n) is 3.18. The predicted octanol–water partition coefficient (Wildman–Crippen LogP) is 3.56. The molecule has 1 aliphatic heterocycles. The van der Waals surface area contributed by atoms with Gasteiger partial charge in [0.1, 0.15) is 17.3 Å². The number of nitrogens with two attached hydrogens (primary N) is 1. The first-order chi connectivity index (χ1) is 13.2. The zero-order chi connectivity index (χ0) is 18.6. The number of pyridine rings is 2. The summed E-state index contributed by atoms with van der Waals surface area (Å²) in [7, 11) is 0. The van der Waals surface area contributed by atoms with E-state index in [1.807, 2.05) is 29.0 Å². The highest BCUT2D eigenvalue weighted by atomic mass is 32.1. The van der Waals surface area contributed by atoms with Crippen LogP contribution in [0.25, 0.3) is 11.1 Å². The summed E-state index contributed by atoms with van der Waals surface area (Å²) in [6, 6.07) is 9.36. The second-order valence-corrected chi connectivity index (χ2v) is 7.25. The van der Waals surface area contributed by atoms with Crippen molar-refractivity contribution in [2.24, 2.45) is 0 Å². The Bertz CT molecular complexity index is 947. The number of hydrogen-bond acceptors (Lipinski definition) is 7. The van der Waals surface area contributed by atoms with Gasteiger partial charge in [-0.1, -0.05) is 6.07 Å². The molecule has 0 aromatic carbocycles. The van der Waals surface area contributed by atoms with Gasteiger partial charge in [-0.2, -0.15) is 11.3 Å². The van der Waals surface area contributed by atoms with Crippen LogP contribution in [-0.2, 0) is 0 Å². The van der Waals surface area contributed by atoms with E-state index in [4.69, 9.17) is 5.73 Å². The Labute approximate surface area is 166 Å². The van der Waals surface area contributed by atoms with E-state index < -0.39 is 0 Å². The molecule has 0 bridgehead atoms. The normalized spacial score (nSPS) is 14.7. The molecule has 144 valence electrons. The predicted molar refractivity (Wildman–Crippen MR) is 116 cm³/mol. The number of hydrogen-bond donors (Lipinski definition) is 2. The molecular formula is C20H27N5OS. The number of nitrogen functional groups attached to an aromatic ring is 1. The first kappa shape index (κ1) is 17.6. The summed E-state index contributed by atoms with van der Waals surface area (Å²) in [6.07, 6.45) is 2.75. The average Bonchev–Trinajstić information content (AvgIpc) is 3.10. The molecule has 3 N–H and O–H groups in total. The molecule has 0 atom stereocenters. The minimum absolute atomic E-state index is 0. The van der Waals surface area contributed by atoms with E-state index in [0.29, 0.717) is 11.3 Å². The standard InChI is InChI=1S/C20H21N5OS.3H2/c21-20-16(11-15(12-23-20)14-5-10-27-13-14)19(26)17-3-1-4-18(24-17)25-8-2-6-22-7-9-25;;;/h1,3-5,10-13,22H,2,6-9H2,(H2,21,23);3*1H. The Morgan fingerprint density at radius 1 is 1.22 bits per heavy atom. The Morgan fingerprint density at radius 2 is 2.15 bits per heavy atom. The quantitative estimate of drug-likeness (QED) is 0.668. The van der Waals surface area contributed by atoms with E-state index in [1.54, 1.807) is 29.7 Å². The van der Waals surface area contributed by atoms with Crippen molar-refractivity contribution in [2.75, 3.05) is 36.8 Å². The topological polar surface area (TPSA) is 84.1 Å². The fraction of sp³-hybridized carbons (Fsp3) is 0.250. The van der Waals surface area contributed by atoms with Crippen LogP contribution in [-0.4, -0.2) is 41.9 Å². The number of carbonyl (C=O) groups is 1. The summed E-state index contributed by atoms with van der Waals surface area (Å²) in [5.41, 5.74) is 8.69. The van der Waals surface area contributed by atoms with Gasteiger partial charge in [-0.15, -0.1) is 0 Å². The van der Waals surface area contributed by atoms with Crippen LogP contribution in [0.5, 0.6) is 0 Å². The molecule has 1 saturated heterocycles. The molecule has 0 aliphatic carbocycles. The largest absolute Gasteiger partial charge is 0.383 e. The molecule has 1 aliphatic rings. The molecule has 0 spiro atoms. The van der Waals surface area contributed by atoms with Crippen molar-refractivity contribution >= 4 is 28.8 Å². The number of nitrogens with zero attached hydrogens (tertiary/aromatic N) is 3. The number of ketones is 1. The molecule has 0 amide bonds. The lowest BCUT2D eigenvalue weighted by Crippen LogP contribution is -2.29. The summed E-state index contributed by atoms with van der Waals surface area (Å²) in [5, 5.41) is 7.39. The van der Waals surface area contributed by atoms with Gasteiger partial charge in [-0.25, -0.2) is 9.97 Å². The van der Waals surface area contributed by atoms with Crippen LogP contribution in [0.3, 0.4) is 0 Å². The molecule has 3 aromatic heterocycles. The van der Waals surface area contributed by atoms with E-state index in [0.717, 1.165) is 49.5 Å². The molecule has 1 fully saturated rings. The van der Waals surface area contributed by atoms with Crippen LogP contribution in [0.1, 0.15) is 26.8 Å². The van der Waals surface area contributed by atoms with Gasteiger partial charge in [0.2, 0.25) is 5.78 Å². The van der Waals surface area contributed by atoms with Gasteiger partial charge in [0.25, 0.3) is 0 Å². The molecule has 27 heavy (non-hydrogen) atoms. The number of rotatable bonds is 4. The third-order valence-corrected chi connectivity index (χ3v) is 5.33. The van der Waals surface area contributed by atoms with Crippen LogP contribution in [0.4, 0.5) is 11.6 Å². The number of anilines is 2. The molecule has 7 heteroatoms. The zero-order valence-corrected chi connectivity index (χ0v) is 15.7. The van der Waals surface area contributed by atoms with Gasteiger partial charge in [-0.3, -0.25) is 4.79 Å². The van der Waals surface area contributed by atoms with Crippen molar-refractivity contribution in [3.05, 3.63) is 58.5 Å². The zero-order valence-electron chi connectivity index (χ0n) is 14.9. The number of thiophene rings is 1. The number of aromatic nitrogens is 2. The minimum Gasteiger partial charge on any atom is -0.383 e. The maximum absolute atomic E-state index is 13.1. The van der Waals surface area contributed by atoms with Crippen molar-refractivity contribution in [1.82, 2.24) is 15.3 Å². The molecule has 0 radical (unpaired) electrons. The second-order valence-electron chi connectivity index (χ2n) is 6.47. The van der Waals surface area contributed by atoms with E-state index in [-0.39, 0.29) is 15.9 Å². The summed E-state index contributed by atoms with van der Waals surface area (Å²) in [6.45, 7) is 3.73.